The van der Waals surface area contributed by atoms with Gasteiger partial charge in [-0.1, -0.05) is 0 Å². The van der Waals surface area contributed by atoms with E-state index in [1.54, 1.807) is 0 Å². The number of hydrogen-bond acceptors (Lipinski definition) is 7. The van der Waals surface area contributed by atoms with E-state index in [1.165, 1.54) is 5.48 Å². The number of nitrogens with one attached hydrogen (secondary N) is 2. The summed E-state index contributed by atoms with van der Waals surface area (Å²) in [5.41, 5.74) is -0.512. The Morgan fingerprint density at radius 3 is 2.86 bits per heavy atom. The molecule has 1 saturated heterocycles. The van der Waals surface area contributed by atoms with E-state index in [1.807, 2.05) is 10.9 Å². The van der Waals surface area contributed by atoms with Gasteiger partial charge in [0.25, 0.3) is 5.56 Å². The van der Waals surface area contributed by atoms with E-state index >= 15 is 0 Å². The monoisotopic (exact) mass is 311 g/mol. The lowest BCUT2D eigenvalue weighted by molar-refractivity contribution is -0.123. The second kappa shape index (κ2) is 6.54. The number of aromatic amines is 1. The summed E-state index contributed by atoms with van der Waals surface area (Å²) < 4.78 is 6.31. The van der Waals surface area contributed by atoms with Crippen molar-refractivity contribution in [2.24, 2.45) is 0 Å². The van der Waals surface area contributed by atoms with E-state index in [-0.39, 0.29) is 12.0 Å². The van der Waals surface area contributed by atoms with Crippen LogP contribution in [0.1, 0.15) is 18.2 Å². The summed E-state index contributed by atoms with van der Waals surface area (Å²) in [5, 5.41) is 27.0. The molecule has 3 atom stereocenters. The Balaban J connectivity index is 2.37. The van der Waals surface area contributed by atoms with Crippen LogP contribution in [0.15, 0.2) is 15.8 Å². The predicted octanol–water partition coefficient (Wildman–Crippen LogP) is -2.97. The van der Waals surface area contributed by atoms with E-state index in [9.17, 15) is 19.5 Å². The van der Waals surface area contributed by atoms with Gasteiger partial charge in [-0.05, 0) is 5.92 Å². The summed E-state index contributed by atoms with van der Waals surface area (Å²) in [6.07, 6.45) is -1.55. The van der Waals surface area contributed by atoms with Crippen LogP contribution in [0.2, 0.25) is 0 Å². The van der Waals surface area contributed by atoms with Gasteiger partial charge < -0.3 is 14.9 Å². The number of aliphatic hydroxyl groups excluding tert-OH is 2. The molecule has 118 valence electrons. The summed E-state index contributed by atoms with van der Waals surface area (Å²) in [7, 11) is 0. The van der Waals surface area contributed by atoms with Crippen molar-refractivity contribution in [1.29, 1.82) is 0 Å². The highest BCUT2D eigenvalue weighted by Gasteiger charge is 2.35. The number of aromatic nitrogens is 2. The topological polar surface area (TPSA) is 154 Å². The van der Waals surface area contributed by atoms with Crippen molar-refractivity contribution in [3.05, 3.63) is 32.6 Å². The molecule has 1 amide bonds. The number of ether oxygens (including phenoxy) is 1. The Morgan fingerprint density at radius 2 is 2.27 bits per heavy atom. The standard InChI is InChI=1S/C12H13N3O7/c16-5-8-7(17)3-10(22-8)15-4-6(1-2-9(18)14-21)11(19)13-12(15)20/h4,7-8,10,16-17,21H,3,5H2,(H,14,18)(H,13,19,20)/t7-,8+,10+/m0/s1. The maximum atomic E-state index is 11.8. The fourth-order valence-electron chi connectivity index (χ4n) is 1.99. The van der Waals surface area contributed by atoms with Gasteiger partial charge in [0, 0.05) is 18.5 Å². The SMILES string of the molecule is O=C(C#Cc1cn([C@H]2C[C@H](O)[C@@H](CO)O2)c(=O)[nH]c1=O)NO. The van der Waals surface area contributed by atoms with Crippen LogP contribution in [0.5, 0.6) is 0 Å². The van der Waals surface area contributed by atoms with Crippen molar-refractivity contribution in [1.82, 2.24) is 15.0 Å². The maximum Gasteiger partial charge on any atom is 0.330 e. The Labute approximate surface area is 122 Å². The maximum absolute atomic E-state index is 11.8. The van der Waals surface area contributed by atoms with Gasteiger partial charge in [-0.15, -0.1) is 0 Å². The Hall–Kier alpha value is -2.45. The van der Waals surface area contributed by atoms with E-state index in [0.717, 1.165) is 10.8 Å². The molecule has 0 aliphatic carbocycles. The number of hydroxylamine groups is 1. The van der Waals surface area contributed by atoms with Crippen molar-refractivity contribution in [2.75, 3.05) is 6.61 Å². The highest BCUT2D eigenvalue weighted by Crippen LogP contribution is 2.27. The smallest absolute Gasteiger partial charge is 0.330 e. The zero-order valence-electron chi connectivity index (χ0n) is 11.1. The molecule has 1 aromatic rings. The van der Waals surface area contributed by atoms with Gasteiger partial charge in [-0.2, -0.15) is 0 Å². The quantitative estimate of drug-likeness (QED) is 0.222. The van der Waals surface area contributed by atoms with Crippen molar-refractivity contribution in [3.63, 3.8) is 0 Å². The van der Waals surface area contributed by atoms with E-state index < -0.39 is 42.2 Å². The summed E-state index contributed by atoms with van der Waals surface area (Å²) in [4.78, 5) is 36.2. The van der Waals surface area contributed by atoms with Crippen molar-refractivity contribution in [3.8, 4) is 11.8 Å². The molecule has 0 radical (unpaired) electrons. The Bertz CT molecular complexity index is 742. The minimum atomic E-state index is -1.02. The van der Waals surface area contributed by atoms with Gasteiger partial charge in [0.05, 0.1) is 12.7 Å². The second-order valence-corrected chi connectivity index (χ2v) is 4.52. The van der Waals surface area contributed by atoms with Crippen LogP contribution in [0.4, 0.5) is 0 Å². The van der Waals surface area contributed by atoms with Crippen LogP contribution in [0.25, 0.3) is 0 Å². The first kappa shape index (κ1) is 15.9. The van der Waals surface area contributed by atoms with Gasteiger partial charge in [-0.3, -0.25) is 24.3 Å². The van der Waals surface area contributed by atoms with E-state index in [0.29, 0.717) is 0 Å². The van der Waals surface area contributed by atoms with Crippen LogP contribution in [-0.2, 0) is 9.53 Å². The molecule has 1 aromatic heterocycles. The number of rotatable bonds is 2. The molecule has 0 unspecified atom stereocenters. The normalized spacial score (nSPS) is 23.7. The number of amides is 1. The second-order valence-electron chi connectivity index (χ2n) is 4.52. The average molecular weight is 311 g/mol. The van der Waals surface area contributed by atoms with Gasteiger partial charge >= 0.3 is 11.6 Å². The summed E-state index contributed by atoms with van der Waals surface area (Å²) in [6.45, 7) is -0.418. The largest absolute Gasteiger partial charge is 0.394 e. The summed E-state index contributed by atoms with van der Waals surface area (Å²) >= 11 is 0. The molecular formula is C12H13N3O7. The highest BCUT2D eigenvalue weighted by atomic mass is 16.5. The van der Waals surface area contributed by atoms with Gasteiger partial charge in [0.15, 0.2) is 0 Å². The first-order chi connectivity index (χ1) is 10.5. The third-order valence-corrected chi connectivity index (χ3v) is 3.07. The summed E-state index contributed by atoms with van der Waals surface area (Å²) in [6, 6.07) is 0. The number of hydrogen-bond donors (Lipinski definition) is 5. The third-order valence-electron chi connectivity index (χ3n) is 3.07. The lowest BCUT2D eigenvalue weighted by atomic mass is 10.2. The highest BCUT2D eigenvalue weighted by molar-refractivity contribution is 5.93. The lowest BCUT2D eigenvalue weighted by Gasteiger charge is -2.14. The van der Waals surface area contributed by atoms with Crippen LogP contribution >= 0.6 is 0 Å². The first-order valence-electron chi connectivity index (χ1n) is 6.22. The van der Waals surface area contributed by atoms with Crippen LogP contribution in [0, 0.1) is 11.8 Å². The molecule has 10 nitrogen and oxygen atoms in total. The number of nitrogens with zero attached hydrogens (tertiary/aromatic N) is 1. The predicted molar refractivity (Wildman–Crippen MR) is 69.7 cm³/mol. The zero-order valence-corrected chi connectivity index (χ0v) is 11.1. The zero-order chi connectivity index (χ0) is 16.3. The Kier molecular flexibility index (Phi) is 4.74. The first-order valence-corrected chi connectivity index (χ1v) is 6.22. The molecule has 1 fully saturated rings. The fraction of sp³-hybridized carbons (Fsp3) is 0.417. The third kappa shape index (κ3) is 3.23. The molecule has 2 heterocycles. The lowest BCUT2D eigenvalue weighted by Crippen LogP contribution is -2.33. The van der Waals surface area contributed by atoms with Crippen molar-refractivity contribution < 1.29 is 25.0 Å². The molecule has 2 rings (SSSR count). The molecule has 22 heavy (non-hydrogen) atoms. The van der Waals surface area contributed by atoms with E-state index in [2.05, 4.69) is 5.92 Å². The molecule has 10 heteroatoms. The molecule has 5 N–H and O–H groups in total. The minimum Gasteiger partial charge on any atom is -0.394 e. The number of aliphatic hydroxyl groups is 2. The fourth-order valence-corrected chi connectivity index (χ4v) is 1.99. The summed E-state index contributed by atoms with van der Waals surface area (Å²) in [5.74, 6) is 3.11. The molecule has 0 saturated carbocycles. The molecule has 0 spiro atoms. The van der Waals surface area contributed by atoms with Crippen LogP contribution in [-0.4, -0.2) is 49.7 Å². The van der Waals surface area contributed by atoms with Crippen LogP contribution < -0.4 is 16.7 Å². The van der Waals surface area contributed by atoms with Crippen molar-refractivity contribution >= 4 is 5.91 Å². The minimum absolute atomic E-state index is 0.0428. The molecular weight excluding hydrogens is 298 g/mol. The number of H-pyrrole nitrogens is 1. The number of carbonyl (C=O) groups is 1. The average Bonchev–Trinajstić information content (AvgIpc) is 2.86. The molecule has 1 aliphatic rings. The van der Waals surface area contributed by atoms with E-state index in [4.69, 9.17) is 15.1 Å². The van der Waals surface area contributed by atoms with Crippen molar-refractivity contribution in [2.45, 2.75) is 24.9 Å². The van der Waals surface area contributed by atoms with Gasteiger partial charge in [-0.25, -0.2) is 10.3 Å². The Morgan fingerprint density at radius 1 is 1.55 bits per heavy atom. The van der Waals surface area contributed by atoms with Gasteiger partial charge in [0.1, 0.15) is 17.9 Å². The molecule has 0 bridgehead atoms. The number of carbonyl (C=O) groups excluding carboxylic acids is 1. The molecule has 0 aromatic carbocycles. The van der Waals surface area contributed by atoms with Crippen LogP contribution in [0.3, 0.4) is 0 Å². The van der Waals surface area contributed by atoms with Gasteiger partial charge in [0.2, 0.25) is 0 Å². The molecule has 1 aliphatic heterocycles.